The molecule has 0 aliphatic rings. The van der Waals surface area contributed by atoms with Crippen LogP contribution in [0.5, 0.6) is 0 Å². The number of anilines is 2. The second kappa shape index (κ2) is 4.42. The summed E-state index contributed by atoms with van der Waals surface area (Å²) in [5, 5.41) is 9.30. The molecule has 90 valence electrons. The molecular formula is C11H14N4O2. The summed E-state index contributed by atoms with van der Waals surface area (Å²) >= 11 is 0. The molecule has 1 aromatic carbocycles. The third kappa shape index (κ3) is 2.21. The van der Waals surface area contributed by atoms with Crippen LogP contribution in [0.2, 0.25) is 0 Å². The van der Waals surface area contributed by atoms with Crippen LogP contribution in [-0.2, 0) is 0 Å². The lowest BCUT2D eigenvalue weighted by Gasteiger charge is -2.16. The zero-order chi connectivity index (χ0) is 12.4. The molecule has 17 heavy (non-hydrogen) atoms. The number of nitrogen functional groups attached to an aromatic ring is 1. The number of aromatic nitrogens is 2. The molecule has 1 aromatic heterocycles. The van der Waals surface area contributed by atoms with Gasteiger partial charge in [-0.3, -0.25) is 9.78 Å². The Morgan fingerprint density at radius 3 is 3.00 bits per heavy atom. The number of hydrogen-bond acceptors (Lipinski definition) is 5. The van der Waals surface area contributed by atoms with Crippen molar-refractivity contribution in [1.29, 1.82) is 0 Å². The van der Waals surface area contributed by atoms with E-state index in [9.17, 15) is 4.79 Å². The molecule has 0 bridgehead atoms. The van der Waals surface area contributed by atoms with Gasteiger partial charge in [0.15, 0.2) is 0 Å². The van der Waals surface area contributed by atoms with Gasteiger partial charge in [0, 0.05) is 19.3 Å². The Morgan fingerprint density at radius 2 is 2.29 bits per heavy atom. The summed E-state index contributed by atoms with van der Waals surface area (Å²) in [4.78, 5) is 20.5. The number of aliphatic hydroxyl groups excluding tert-OH is 1. The van der Waals surface area contributed by atoms with E-state index in [1.54, 1.807) is 30.1 Å². The first-order valence-corrected chi connectivity index (χ1v) is 5.23. The van der Waals surface area contributed by atoms with Crippen LogP contribution in [0.4, 0.5) is 11.6 Å². The highest BCUT2D eigenvalue weighted by atomic mass is 16.3. The molecule has 0 radical (unpaired) electrons. The Hall–Kier alpha value is -2.08. The summed E-state index contributed by atoms with van der Waals surface area (Å²) < 4.78 is 0. The Balaban J connectivity index is 2.56. The molecule has 1 heterocycles. The minimum absolute atomic E-state index is 0.0000144. The molecule has 0 fully saturated rings. The summed E-state index contributed by atoms with van der Waals surface area (Å²) in [6.07, 6.45) is 0. The Bertz CT molecular complexity index is 594. The number of nitrogens with one attached hydrogen (secondary N) is 1. The molecule has 2 aromatic rings. The van der Waals surface area contributed by atoms with Crippen molar-refractivity contribution < 1.29 is 5.11 Å². The van der Waals surface area contributed by atoms with E-state index < -0.39 is 0 Å². The van der Waals surface area contributed by atoms with Crippen LogP contribution in [0, 0.1) is 0 Å². The number of H-pyrrole nitrogens is 1. The molecule has 0 aliphatic carbocycles. The summed E-state index contributed by atoms with van der Waals surface area (Å²) in [6, 6.07) is 5.00. The van der Waals surface area contributed by atoms with Crippen LogP contribution in [-0.4, -0.2) is 35.3 Å². The third-order valence-corrected chi connectivity index (χ3v) is 2.51. The van der Waals surface area contributed by atoms with Crippen molar-refractivity contribution in [3.63, 3.8) is 0 Å². The molecule has 4 N–H and O–H groups in total. The van der Waals surface area contributed by atoms with Gasteiger partial charge in [0.1, 0.15) is 0 Å². The van der Waals surface area contributed by atoms with Gasteiger partial charge in [-0.05, 0) is 18.2 Å². The van der Waals surface area contributed by atoms with E-state index in [1.165, 1.54) is 0 Å². The Morgan fingerprint density at radius 1 is 1.53 bits per heavy atom. The van der Waals surface area contributed by atoms with E-state index in [4.69, 9.17) is 10.8 Å². The Kier molecular flexibility index (Phi) is 2.97. The van der Waals surface area contributed by atoms with Crippen molar-refractivity contribution in [2.24, 2.45) is 0 Å². The number of aliphatic hydroxyl groups is 1. The fourth-order valence-electron chi connectivity index (χ4n) is 1.58. The molecule has 0 amide bonds. The highest BCUT2D eigenvalue weighted by Crippen LogP contribution is 2.13. The van der Waals surface area contributed by atoms with Crippen LogP contribution in [0.3, 0.4) is 0 Å². The van der Waals surface area contributed by atoms with E-state index in [0.717, 1.165) is 0 Å². The number of likely N-dealkylation sites (N-methyl/N-ethyl adjacent to an activating group) is 1. The van der Waals surface area contributed by atoms with Crippen LogP contribution >= 0.6 is 0 Å². The highest BCUT2D eigenvalue weighted by Gasteiger charge is 2.07. The quantitative estimate of drug-likeness (QED) is 0.646. The minimum atomic E-state index is -0.234. The molecule has 6 nitrogen and oxygen atoms in total. The monoisotopic (exact) mass is 234 g/mol. The SMILES string of the molecule is CN(CCO)c1nc2ccc(N)cc2c(=O)[nH]1. The maximum atomic E-state index is 11.8. The fraction of sp³-hybridized carbons (Fsp3) is 0.273. The van der Waals surface area contributed by atoms with E-state index >= 15 is 0 Å². The first kappa shape index (κ1) is 11.4. The normalized spacial score (nSPS) is 10.7. The molecule has 6 heteroatoms. The predicted molar refractivity (Wildman–Crippen MR) is 67.1 cm³/mol. The molecule has 0 saturated heterocycles. The average Bonchev–Trinajstić information content (AvgIpc) is 2.30. The van der Waals surface area contributed by atoms with Crippen LogP contribution in [0.25, 0.3) is 10.9 Å². The van der Waals surface area contributed by atoms with Crippen molar-refractivity contribution in [1.82, 2.24) is 9.97 Å². The van der Waals surface area contributed by atoms with E-state index in [2.05, 4.69) is 9.97 Å². The maximum absolute atomic E-state index is 11.8. The molecule has 0 spiro atoms. The number of rotatable bonds is 3. The smallest absolute Gasteiger partial charge is 0.260 e. The van der Waals surface area contributed by atoms with Crippen LogP contribution in [0.1, 0.15) is 0 Å². The van der Waals surface area contributed by atoms with Gasteiger partial charge >= 0.3 is 0 Å². The highest BCUT2D eigenvalue weighted by molar-refractivity contribution is 5.81. The first-order chi connectivity index (χ1) is 8.11. The summed E-state index contributed by atoms with van der Waals surface area (Å²) in [5.41, 5.74) is 6.49. The predicted octanol–water partition coefficient (Wildman–Crippen LogP) is -0.0662. The largest absolute Gasteiger partial charge is 0.399 e. The van der Waals surface area contributed by atoms with Gasteiger partial charge in [-0.1, -0.05) is 0 Å². The zero-order valence-corrected chi connectivity index (χ0v) is 9.47. The maximum Gasteiger partial charge on any atom is 0.260 e. The molecule has 0 aliphatic heterocycles. The molecule has 0 atom stereocenters. The molecule has 0 unspecified atom stereocenters. The number of nitrogens with two attached hydrogens (primary N) is 1. The minimum Gasteiger partial charge on any atom is -0.399 e. The van der Waals surface area contributed by atoms with Crippen molar-refractivity contribution in [3.05, 3.63) is 28.6 Å². The van der Waals surface area contributed by atoms with Gasteiger partial charge in [0.05, 0.1) is 17.5 Å². The number of fused-ring (bicyclic) bond motifs is 1. The van der Waals surface area contributed by atoms with Crippen molar-refractivity contribution in [3.8, 4) is 0 Å². The number of benzene rings is 1. The van der Waals surface area contributed by atoms with E-state index in [-0.39, 0.29) is 12.2 Å². The summed E-state index contributed by atoms with van der Waals surface area (Å²) in [5.74, 6) is 0.432. The lowest BCUT2D eigenvalue weighted by molar-refractivity contribution is 0.303. The first-order valence-electron chi connectivity index (χ1n) is 5.23. The van der Waals surface area contributed by atoms with Crippen LogP contribution in [0.15, 0.2) is 23.0 Å². The van der Waals surface area contributed by atoms with Gasteiger partial charge in [-0.15, -0.1) is 0 Å². The van der Waals surface area contributed by atoms with Gasteiger partial charge in [-0.25, -0.2) is 4.98 Å². The lowest BCUT2D eigenvalue weighted by atomic mass is 10.2. The second-order valence-electron chi connectivity index (χ2n) is 3.81. The van der Waals surface area contributed by atoms with Crippen molar-refractivity contribution in [2.75, 3.05) is 30.8 Å². The van der Waals surface area contributed by atoms with Crippen molar-refractivity contribution in [2.45, 2.75) is 0 Å². The standard InChI is InChI=1S/C11H14N4O2/c1-15(4-5-16)11-13-9-3-2-7(12)6-8(9)10(17)14-11/h2-3,6,16H,4-5,12H2,1H3,(H,13,14,17). The van der Waals surface area contributed by atoms with E-state index in [0.29, 0.717) is 29.1 Å². The lowest BCUT2D eigenvalue weighted by Crippen LogP contribution is -2.26. The molecular weight excluding hydrogens is 220 g/mol. The average molecular weight is 234 g/mol. The van der Waals surface area contributed by atoms with Crippen molar-refractivity contribution >= 4 is 22.5 Å². The second-order valence-corrected chi connectivity index (χ2v) is 3.81. The zero-order valence-electron chi connectivity index (χ0n) is 9.47. The Labute approximate surface area is 97.7 Å². The van der Waals surface area contributed by atoms with Crippen LogP contribution < -0.4 is 16.2 Å². The molecule has 2 rings (SSSR count). The number of aromatic amines is 1. The van der Waals surface area contributed by atoms with Gasteiger partial charge in [-0.2, -0.15) is 0 Å². The van der Waals surface area contributed by atoms with Gasteiger partial charge in [0.2, 0.25) is 5.95 Å². The summed E-state index contributed by atoms with van der Waals surface area (Å²) in [6.45, 7) is 0.406. The van der Waals surface area contributed by atoms with E-state index in [1.807, 2.05) is 0 Å². The summed E-state index contributed by atoms with van der Waals surface area (Å²) in [7, 11) is 1.75. The van der Waals surface area contributed by atoms with Gasteiger partial charge in [0.25, 0.3) is 5.56 Å². The topological polar surface area (TPSA) is 95.2 Å². The molecule has 0 saturated carbocycles. The third-order valence-electron chi connectivity index (χ3n) is 2.51. The fourth-order valence-corrected chi connectivity index (χ4v) is 1.58. The number of hydrogen-bond donors (Lipinski definition) is 3. The van der Waals surface area contributed by atoms with Gasteiger partial charge < -0.3 is 15.7 Å². The number of nitrogens with zero attached hydrogens (tertiary/aromatic N) is 2.